The summed E-state index contributed by atoms with van der Waals surface area (Å²) in [4.78, 5) is 35.7. The molecule has 61 heavy (non-hydrogen) atoms. The average Bonchev–Trinajstić information content (AvgIpc) is 3.24. The third-order valence-electron chi connectivity index (χ3n) is 11.0. The summed E-state index contributed by atoms with van der Waals surface area (Å²) >= 11 is 0. The summed E-state index contributed by atoms with van der Waals surface area (Å²) in [6.07, 6.45) is 29.3. The van der Waals surface area contributed by atoms with Crippen molar-refractivity contribution >= 4 is 19.8 Å². The summed E-state index contributed by atoms with van der Waals surface area (Å²) < 4.78 is 33.5. The van der Waals surface area contributed by atoms with Crippen LogP contribution in [-0.2, 0) is 32.7 Å². The molecule has 1 aliphatic carbocycles. The molecule has 0 aliphatic heterocycles. The van der Waals surface area contributed by atoms with Gasteiger partial charge in [-0.05, 0) is 64.2 Å². The standard InChI is InChI=1S/C47H85O13P/c1-3-5-7-9-11-13-15-17-19-20-22-24-26-28-30-32-34-36-41(49)59-39(38-58-61(55,56)60-47-45(53)43(51)42(50)44(52)46(47)54)37-57-40(48)35-33-31-29-27-25-23-21-18-16-14-12-10-8-6-4-2/h22,24-25,27-28,30,39,42-47,50-54H,3-21,23,26,29,31-38H2,1-2H3,(H,55,56)/b24-22+,27-25+,30-28+/t39-,42?,43+,44?,45?,46?,47?/m1/s1. The molecule has 0 radical (unpaired) electrons. The van der Waals surface area contributed by atoms with Crippen LogP contribution in [-0.4, -0.2) is 98.3 Å². The normalized spacial score (nSPS) is 22.3. The Morgan fingerprint density at radius 3 is 1.39 bits per heavy atom. The van der Waals surface area contributed by atoms with Crippen LogP contribution in [0.4, 0.5) is 0 Å². The van der Waals surface area contributed by atoms with Gasteiger partial charge in [-0.25, -0.2) is 4.57 Å². The zero-order valence-corrected chi connectivity index (χ0v) is 38.6. The van der Waals surface area contributed by atoms with Crippen LogP contribution in [0.15, 0.2) is 36.5 Å². The number of phosphoric ester groups is 1. The average molecular weight is 889 g/mol. The maximum Gasteiger partial charge on any atom is 0.472 e. The Morgan fingerprint density at radius 1 is 0.508 bits per heavy atom. The van der Waals surface area contributed by atoms with Crippen LogP contribution in [0.2, 0.25) is 0 Å². The van der Waals surface area contributed by atoms with Crippen molar-refractivity contribution in [2.75, 3.05) is 13.2 Å². The van der Waals surface area contributed by atoms with Crippen LogP contribution in [0.5, 0.6) is 0 Å². The number of ether oxygens (including phenoxy) is 2. The van der Waals surface area contributed by atoms with Gasteiger partial charge in [-0.2, -0.15) is 0 Å². The Balaban J connectivity index is 2.49. The fourth-order valence-corrected chi connectivity index (χ4v) is 8.06. The molecule has 6 unspecified atom stereocenters. The van der Waals surface area contributed by atoms with Gasteiger partial charge in [-0.1, -0.05) is 153 Å². The van der Waals surface area contributed by atoms with E-state index in [0.29, 0.717) is 19.3 Å². The summed E-state index contributed by atoms with van der Waals surface area (Å²) in [5, 5.41) is 50.1. The minimum Gasteiger partial charge on any atom is -0.462 e. The molecule has 0 amide bonds. The first-order valence-electron chi connectivity index (χ1n) is 23.8. The number of carbonyl (C=O) groups excluding carboxylic acids is 2. The van der Waals surface area contributed by atoms with E-state index in [-0.39, 0.29) is 12.8 Å². The molecule has 14 heteroatoms. The number of hydrogen-bond donors (Lipinski definition) is 6. The van der Waals surface area contributed by atoms with Crippen molar-refractivity contribution in [1.29, 1.82) is 0 Å². The summed E-state index contributed by atoms with van der Waals surface area (Å²) in [5.74, 6) is -1.18. The second-order valence-corrected chi connectivity index (χ2v) is 18.0. The van der Waals surface area contributed by atoms with E-state index in [9.17, 15) is 44.6 Å². The third-order valence-corrected chi connectivity index (χ3v) is 11.9. The smallest absolute Gasteiger partial charge is 0.462 e. The largest absolute Gasteiger partial charge is 0.472 e. The number of hydrogen-bond acceptors (Lipinski definition) is 12. The number of phosphoric acid groups is 1. The highest BCUT2D eigenvalue weighted by Gasteiger charge is 2.51. The Labute approximate surface area is 368 Å². The lowest BCUT2D eigenvalue weighted by molar-refractivity contribution is -0.220. The van der Waals surface area contributed by atoms with E-state index in [4.69, 9.17) is 18.5 Å². The second kappa shape index (κ2) is 37.4. The molecular weight excluding hydrogens is 803 g/mol. The molecule has 1 fully saturated rings. The van der Waals surface area contributed by atoms with E-state index in [1.165, 1.54) is 116 Å². The summed E-state index contributed by atoms with van der Waals surface area (Å²) in [6.45, 7) is 3.25. The van der Waals surface area contributed by atoms with Crippen LogP contribution in [0.3, 0.4) is 0 Å². The quantitative estimate of drug-likeness (QED) is 0.0147. The van der Waals surface area contributed by atoms with Gasteiger partial charge in [0.15, 0.2) is 6.10 Å². The zero-order chi connectivity index (χ0) is 45.0. The zero-order valence-electron chi connectivity index (χ0n) is 37.7. The predicted molar refractivity (Wildman–Crippen MR) is 240 cm³/mol. The van der Waals surface area contributed by atoms with E-state index in [0.717, 1.165) is 32.1 Å². The van der Waals surface area contributed by atoms with Crippen LogP contribution in [0, 0.1) is 0 Å². The number of allylic oxidation sites excluding steroid dienone is 6. The van der Waals surface area contributed by atoms with Crippen molar-refractivity contribution in [3.05, 3.63) is 36.5 Å². The van der Waals surface area contributed by atoms with Gasteiger partial charge >= 0.3 is 19.8 Å². The minimum absolute atomic E-state index is 0.0295. The monoisotopic (exact) mass is 889 g/mol. The number of aliphatic hydroxyl groups is 5. The molecule has 0 saturated heterocycles. The fourth-order valence-electron chi connectivity index (χ4n) is 7.09. The van der Waals surface area contributed by atoms with Crippen molar-refractivity contribution in [2.24, 2.45) is 0 Å². The van der Waals surface area contributed by atoms with Crippen LogP contribution < -0.4 is 0 Å². The van der Waals surface area contributed by atoms with Crippen molar-refractivity contribution in [2.45, 2.75) is 236 Å². The first-order chi connectivity index (χ1) is 29.4. The molecule has 1 rings (SSSR count). The van der Waals surface area contributed by atoms with Crippen molar-refractivity contribution in [3.63, 3.8) is 0 Å². The topological polar surface area (TPSA) is 210 Å². The Hall–Kier alpha value is -1.93. The molecule has 13 nitrogen and oxygen atoms in total. The minimum atomic E-state index is -5.13. The van der Waals surface area contributed by atoms with E-state index < -0.39 is 75.7 Å². The molecule has 8 atom stereocenters. The Kier molecular flexibility index (Phi) is 35.0. The van der Waals surface area contributed by atoms with E-state index in [2.05, 4.69) is 38.2 Å². The van der Waals surface area contributed by atoms with Crippen molar-refractivity contribution in [3.8, 4) is 0 Å². The lowest BCUT2D eigenvalue weighted by Crippen LogP contribution is -2.64. The summed E-state index contributed by atoms with van der Waals surface area (Å²) in [7, 11) is -5.13. The van der Waals surface area contributed by atoms with Crippen LogP contribution in [0.25, 0.3) is 0 Å². The first-order valence-corrected chi connectivity index (χ1v) is 25.3. The van der Waals surface area contributed by atoms with E-state index in [1.807, 2.05) is 12.2 Å². The number of rotatable bonds is 39. The molecule has 356 valence electrons. The van der Waals surface area contributed by atoms with Gasteiger partial charge in [0.05, 0.1) is 6.61 Å². The van der Waals surface area contributed by atoms with Gasteiger partial charge in [0, 0.05) is 12.8 Å². The predicted octanol–water partition coefficient (Wildman–Crippen LogP) is 9.39. The van der Waals surface area contributed by atoms with Gasteiger partial charge in [0.1, 0.15) is 43.2 Å². The van der Waals surface area contributed by atoms with Gasteiger partial charge < -0.3 is 39.9 Å². The molecule has 6 N–H and O–H groups in total. The molecule has 0 aromatic carbocycles. The van der Waals surface area contributed by atoms with Gasteiger partial charge in [-0.3, -0.25) is 18.6 Å². The number of aliphatic hydroxyl groups excluding tert-OH is 5. The maximum absolute atomic E-state index is 12.8. The first kappa shape index (κ1) is 57.1. The molecule has 0 aromatic heterocycles. The fraction of sp³-hybridized carbons (Fsp3) is 0.830. The van der Waals surface area contributed by atoms with Gasteiger partial charge in [0.25, 0.3) is 0 Å². The number of unbranched alkanes of at least 4 members (excludes halogenated alkanes) is 21. The lowest BCUT2D eigenvalue weighted by atomic mass is 9.85. The van der Waals surface area contributed by atoms with E-state index in [1.54, 1.807) is 0 Å². The molecule has 0 bridgehead atoms. The molecule has 0 heterocycles. The lowest BCUT2D eigenvalue weighted by Gasteiger charge is -2.41. The highest BCUT2D eigenvalue weighted by atomic mass is 31.2. The number of esters is 2. The Bertz CT molecular complexity index is 1210. The molecule has 1 aliphatic rings. The van der Waals surface area contributed by atoms with E-state index >= 15 is 0 Å². The molecular formula is C47H85O13P. The highest BCUT2D eigenvalue weighted by Crippen LogP contribution is 2.47. The molecule has 0 spiro atoms. The summed E-state index contributed by atoms with van der Waals surface area (Å²) in [6, 6.07) is 0. The van der Waals surface area contributed by atoms with Crippen LogP contribution in [0.1, 0.15) is 194 Å². The van der Waals surface area contributed by atoms with Crippen molar-refractivity contribution in [1.82, 2.24) is 0 Å². The van der Waals surface area contributed by atoms with Gasteiger partial charge in [-0.15, -0.1) is 0 Å². The maximum atomic E-state index is 12.8. The van der Waals surface area contributed by atoms with Crippen molar-refractivity contribution < 1.29 is 63.1 Å². The van der Waals surface area contributed by atoms with Crippen LogP contribution >= 0.6 is 7.82 Å². The SMILES string of the molecule is CCCCCCCCCCC/C=C/C/C=C/CCCC(=O)O[C@H](COC(=O)CCCC/C=C/CCCCCCCCCCC)COP(=O)(O)OC1C(O)C(O)C(O)[C@H](O)C1O. The van der Waals surface area contributed by atoms with Gasteiger partial charge in [0.2, 0.25) is 0 Å². The second-order valence-electron chi connectivity index (χ2n) is 16.6. The highest BCUT2D eigenvalue weighted by molar-refractivity contribution is 7.47. The third kappa shape index (κ3) is 30.0. The number of carbonyl (C=O) groups is 2. The Morgan fingerprint density at radius 2 is 0.902 bits per heavy atom. The summed E-state index contributed by atoms with van der Waals surface area (Å²) in [5.41, 5.74) is 0. The molecule has 1 saturated carbocycles. The molecule has 0 aromatic rings.